The summed E-state index contributed by atoms with van der Waals surface area (Å²) in [7, 11) is 0. The van der Waals surface area contributed by atoms with E-state index in [2.05, 4.69) is 18.8 Å². The summed E-state index contributed by atoms with van der Waals surface area (Å²) in [6.07, 6.45) is 3.38. The van der Waals surface area contributed by atoms with Gasteiger partial charge >= 0.3 is 0 Å². The van der Waals surface area contributed by atoms with Crippen LogP contribution in [0.3, 0.4) is 0 Å². The molecule has 0 aromatic heterocycles. The zero-order valence-electron chi connectivity index (χ0n) is 12.4. The van der Waals surface area contributed by atoms with E-state index in [0.717, 1.165) is 31.8 Å². The Hall–Kier alpha value is -1.50. The number of hydrogen-bond donors (Lipinski definition) is 1. The van der Waals surface area contributed by atoms with Crippen LogP contribution in [0.15, 0.2) is 18.2 Å². The third-order valence-corrected chi connectivity index (χ3v) is 4.33. The molecule has 1 aliphatic heterocycles. The number of amides is 1. The first-order valence-electron chi connectivity index (χ1n) is 7.43. The van der Waals surface area contributed by atoms with Gasteiger partial charge in [-0.2, -0.15) is 0 Å². The monoisotopic (exact) mass is 304 g/mol. The Kier molecular flexibility index (Phi) is 5.67. The molecule has 0 aliphatic carbocycles. The predicted molar refractivity (Wildman–Crippen MR) is 86.3 cm³/mol. The fourth-order valence-electron chi connectivity index (χ4n) is 2.62. The Balaban J connectivity index is 2.08. The lowest BCUT2D eigenvalue weighted by molar-refractivity contribution is 0.0689. The number of halogens is 1. The molecule has 0 atom stereocenters. The number of likely N-dealkylation sites (tertiary alicyclic amines) is 1. The highest BCUT2D eigenvalue weighted by Crippen LogP contribution is 2.23. The van der Waals surface area contributed by atoms with Crippen LogP contribution in [0.1, 0.15) is 42.1 Å². The van der Waals surface area contributed by atoms with Gasteiger partial charge in [-0.1, -0.05) is 36.8 Å². The molecule has 4 heteroatoms. The molecule has 0 radical (unpaired) electrons. The minimum Gasteiger partial charge on any atom is -0.339 e. The van der Waals surface area contributed by atoms with E-state index in [-0.39, 0.29) is 5.91 Å². The Morgan fingerprint density at radius 1 is 1.43 bits per heavy atom. The van der Waals surface area contributed by atoms with Gasteiger partial charge in [0.25, 0.3) is 5.91 Å². The molecule has 1 aromatic rings. The number of benzene rings is 1. The minimum absolute atomic E-state index is 0.0600. The average Bonchev–Trinajstić information content (AvgIpc) is 2.53. The van der Waals surface area contributed by atoms with Crippen molar-refractivity contribution in [1.29, 1.82) is 0 Å². The van der Waals surface area contributed by atoms with Crippen LogP contribution >= 0.6 is 11.6 Å². The number of hydrogen-bond acceptors (Lipinski definition) is 2. The smallest absolute Gasteiger partial charge is 0.253 e. The molecule has 0 spiro atoms. The summed E-state index contributed by atoms with van der Waals surface area (Å²) in [6, 6.07) is 5.29. The third-order valence-electron chi connectivity index (χ3n) is 4.02. The molecule has 1 amide bonds. The van der Waals surface area contributed by atoms with Crippen LogP contribution in [0.25, 0.3) is 0 Å². The highest BCUT2D eigenvalue weighted by molar-refractivity contribution is 6.32. The van der Waals surface area contributed by atoms with Gasteiger partial charge in [-0.25, -0.2) is 0 Å². The molecule has 0 bridgehead atoms. The minimum atomic E-state index is 0.0600. The van der Waals surface area contributed by atoms with Gasteiger partial charge in [0.15, 0.2) is 0 Å². The van der Waals surface area contributed by atoms with Crippen molar-refractivity contribution in [2.75, 3.05) is 19.6 Å². The molecule has 1 aromatic carbocycles. The molecule has 0 saturated carbocycles. The zero-order valence-corrected chi connectivity index (χ0v) is 13.1. The van der Waals surface area contributed by atoms with Crippen LogP contribution < -0.4 is 5.73 Å². The predicted octanol–water partition coefficient (Wildman–Crippen LogP) is 2.91. The number of piperidine rings is 1. The maximum atomic E-state index is 12.5. The standard InChI is InChI=1S/C17H21ClN2O/c1-2-13-7-10-20(11-8-13)17(21)15-6-5-14(4-3-9-19)16(18)12-15/h5-6,12-13H,2,7-11,19H2,1H3. The molecule has 1 heterocycles. The first-order chi connectivity index (χ1) is 10.2. The maximum absolute atomic E-state index is 12.5. The molecule has 1 aliphatic rings. The molecule has 2 N–H and O–H groups in total. The van der Waals surface area contributed by atoms with Crippen molar-refractivity contribution in [3.63, 3.8) is 0 Å². The SMILES string of the molecule is CCC1CCN(C(=O)c2ccc(C#CCN)c(Cl)c2)CC1. The summed E-state index contributed by atoms with van der Waals surface area (Å²) in [4.78, 5) is 14.4. The first kappa shape index (κ1) is 15.9. The van der Waals surface area contributed by atoms with Crippen LogP contribution in [0.5, 0.6) is 0 Å². The van der Waals surface area contributed by atoms with Crippen molar-refractivity contribution >= 4 is 17.5 Å². The third kappa shape index (κ3) is 4.00. The second-order valence-electron chi connectivity index (χ2n) is 5.34. The molecule has 21 heavy (non-hydrogen) atoms. The van der Waals surface area contributed by atoms with Gasteiger partial charge in [0, 0.05) is 24.2 Å². The fourth-order valence-corrected chi connectivity index (χ4v) is 2.85. The molecule has 112 valence electrons. The van der Waals surface area contributed by atoms with E-state index in [1.165, 1.54) is 6.42 Å². The summed E-state index contributed by atoms with van der Waals surface area (Å²) in [5.74, 6) is 6.48. The lowest BCUT2D eigenvalue weighted by atomic mass is 9.94. The van der Waals surface area contributed by atoms with Crippen molar-refractivity contribution in [3.8, 4) is 11.8 Å². The molecule has 0 unspecified atom stereocenters. The molecule has 1 saturated heterocycles. The average molecular weight is 305 g/mol. The summed E-state index contributed by atoms with van der Waals surface area (Å²) >= 11 is 6.18. The zero-order chi connectivity index (χ0) is 15.2. The fraction of sp³-hybridized carbons (Fsp3) is 0.471. The molecular formula is C17H21ClN2O. The second kappa shape index (κ2) is 7.49. The van der Waals surface area contributed by atoms with Crippen molar-refractivity contribution in [2.24, 2.45) is 11.7 Å². The Bertz CT molecular complexity index is 566. The number of rotatable bonds is 2. The van der Waals surface area contributed by atoms with Gasteiger partial charge in [-0.3, -0.25) is 4.79 Å². The van der Waals surface area contributed by atoms with Crippen molar-refractivity contribution in [3.05, 3.63) is 34.3 Å². The van der Waals surface area contributed by atoms with E-state index < -0.39 is 0 Å². The molecule has 3 nitrogen and oxygen atoms in total. The number of nitrogens with two attached hydrogens (primary N) is 1. The van der Waals surface area contributed by atoms with Gasteiger partial charge in [0.2, 0.25) is 0 Å². The van der Waals surface area contributed by atoms with E-state index >= 15 is 0 Å². The summed E-state index contributed by atoms with van der Waals surface area (Å²) < 4.78 is 0. The van der Waals surface area contributed by atoms with Gasteiger partial charge in [-0.15, -0.1) is 0 Å². The summed E-state index contributed by atoms with van der Waals surface area (Å²) in [5.41, 5.74) is 6.69. The molecule has 1 fully saturated rings. The van der Waals surface area contributed by atoms with Crippen LogP contribution in [-0.2, 0) is 0 Å². The maximum Gasteiger partial charge on any atom is 0.253 e. The number of carbonyl (C=O) groups excluding carboxylic acids is 1. The normalized spacial score (nSPS) is 15.5. The molecular weight excluding hydrogens is 284 g/mol. The van der Waals surface area contributed by atoms with E-state index in [1.54, 1.807) is 18.2 Å². The van der Waals surface area contributed by atoms with Gasteiger partial charge in [0.1, 0.15) is 0 Å². The Morgan fingerprint density at radius 3 is 2.71 bits per heavy atom. The summed E-state index contributed by atoms with van der Waals surface area (Å²) in [6.45, 7) is 4.18. The number of carbonyl (C=O) groups is 1. The van der Waals surface area contributed by atoms with Crippen molar-refractivity contribution < 1.29 is 4.79 Å². The topological polar surface area (TPSA) is 46.3 Å². The largest absolute Gasteiger partial charge is 0.339 e. The Morgan fingerprint density at radius 2 is 2.14 bits per heavy atom. The van der Waals surface area contributed by atoms with E-state index in [9.17, 15) is 4.79 Å². The highest BCUT2D eigenvalue weighted by atomic mass is 35.5. The van der Waals surface area contributed by atoms with Crippen LogP contribution in [0, 0.1) is 17.8 Å². The summed E-state index contributed by atoms with van der Waals surface area (Å²) in [5, 5.41) is 0.505. The van der Waals surface area contributed by atoms with Crippen LogP contribution in [0.2, 0.25) is 5.02 Å². The van der Waals surface area contributed by atoms with E-state index in [1.807, 2.05) is 4.90 Å². The van der Waals surface area contributed by atoms with Crippen LogP contribution in [0.4, 0.5) is 0 Å². The van der Waals surface area contributed by atoms with Crippen molar-refractivity contribution in [2.45, 2.75) is 26.2 Å². The molecule has 2 rings (SSSR count). The quantitative estimate of drug-likeness (QED) is 0.854. The van der Waals surface area contributed by atoms with E-state index in [4.69, 9.17) is 17.3 Å². The van der Waals surface area contributed by atoms with Gasteiger partial charge < -0.3 is 10.6 Å². The van der Waals surface area contributed by atoms with E-state index in [0.29, 0.717) is 22.7 Å². The van der Waals surface area contributed by atoms with Gasteiger partial charge in [-0.05, 0) is 37.0 Å². The second-order valence-corrected chi connectivity index (χ2v) is 5.75. The highest BCUT2D eigenvalue weighted by Gasteiger charge is 2.22. The number of nitrogens with zero attached hydrogens (tertiary/aromatic N) is 1. The van der Waals surface area contributed by atoms with Crippen molar-refractivity contribution in [1.82, 2.24) is 4.90 Å². The lowest BCUT2D eigenvalue weighted by Gasteiger charge is -2.31. The Labute approximate surface area is 131 Å². The lowest BCUT2D eigenvalue weighted by Crippen LogP contribution is -2.38. The van der Waals surface area contributed by atoms with Crippen LogP contribution in [-0.4, -0.2) is 30.4 Å². The van der Waals surface area contributed by atoms with Gasteiger partial charge in [0.05, 0.1) is 11.6 Å². The first-order valence-corrected chi connectivity index (χ1v) is 7.81.